The van der Waals surface area contributed by atoms with Gasteiger partial charge in [0.05, 0.1) is 6.33 Å². The Balaban J connectivity index is 2.39. The van der Waals surface area contributed by atoms with Gasteiger partial charge < -0.3 is 29.9 Å². The standard InChI is InChI=1S/C9H14N5O5P/c1-19-9(15)5(20(16,17)18)2-14-4-13-6-7(10)11-3-12-8(6)14/h3-5,9,15H,2H2,1H3,(H2,10,11,12)(H2,16,17,18)/t5-,9-/m0/s1. The van der Waals surface area contributed by atoms with E-state index in [-0.39, 0.29) is 12.4 Å². The summed E-state index contributed by atoms with van der Waals surface area (Å²) in [4.78, 5) is 30.3. The zero-order chi connectivity index (χ0) is 14.9. The van der Waals surface area contributed by atoms with Crippen molar-refractivity contribution in [1.82, 2.24) is 19.5 Å². The predicted octanol–water partition coefficient (Wildman–Crippen LogP) is -1.08. The third-order valence-corrected chi connectivity index (χ3v) is 4.10. The van der Waals surface area contributed by atoms with Gasteiger partial charge in [-0.15, -0.1) is 0 Å². The number of methoxy groups -OCH3 is 1. The maximum atomic E-state index is 11.4. The highest BCUT2D eigenvalue weighted by Crippen LogP contribution is 2.44. The van der Waals surface area contributed by atoms with E-state index in [0.29, 0.717) is 11.2 Å². The minimum absolute atomic E-state index is 0.161. The van der Waals surface area contributed by atoms with E-state index in [9.17, 15) is 19.5 Å². The summed E-state index contributed by atoms with van der Waals surface area (Å²) < 4.78 is 17.4. The van der Waals surface area contributed by atoms with Crippen molar-refractivity contribution in [2.75, 3.05) is 12.8 Å². The van der Waals surface area contributed by atoms with Gasteiger partial charge >= 0.3 is 7.60 Å². The number of nitrogen functional groups attached to an aromatic ring is 1. The van der Waals surface area contributed by atoms with Crippen molar-refractivity contribution in [2.24, 2.45) is 0 Å². The summed E-state index contributed by atoms with van der Waals surface area (Å²) in [6.45, 7) is -0.230. The van der Waals surface area contributed by atoms with Gasteiger partial charge in [0.1, 0.15) is 17.5 Å². The smallest absolute Gasteiger partial charge is 0.335 e. The number of ether oxygens (including phenoxy) is 1. The molecule has 0 aliphatic rings. The molecule has 5 N–H and O–H groups in total. The molecule has 2 rings (SSSR count). The topological polar surface area (TPSA) is 157 Å². The van der Waals surface area contributed by atoms with Crippen LogP contribution in [0.3, 0.4) is 0 Å². The molecule has 0 bridgehead atoms. The van der Waals surface area contributed by atoms with Crippen molar-refractivity contribution in [3.8, 4) is 0 Å². The lowest BCUT2D eigenvalue weighted by Gasteiger charge is -2.22. The number of hydrogen-bond donors (Lipinski definition) is 4. The zero-order valence-electron chi connectivity index (χ0n) is 10.5. The van der Waals surface area contributed by atoms with Gasteiger partial charge in [0, 0.05) is 13.7 Å². The Bertz CT molecular complexity index is 655. The lowest BCUT2D eigenvalue weighted by atomic mass is 10.4. The molecule has 2 aromatic heterocycles. The average molecular weight is 303 g/mol. The monoisotopic (exact) mass is 303 g/mol. The van der Waals surface area contributed by atoms with Gasteiger partial charge in [-0.25, -0.2) is 15.0 Å². The summed E-state index contributed by atoms with van der Waals surface area (Å²) in [7, 11) is -3.43. The second-order valence-corrected chi connectivity index (χ2v) is 5.95. The Labute approximate surface area is 113 Å². The molecule has 110 valence electrons. The van der Waals surface area contributed by atoms with Gasteiger partial charge in [-0.3, -0.25) is 4.57 Å². The van der Waals surface area contributed by atoms with E-state index in [1.165, 1.54) is 17.2 Å². The van der Waals surface area contributed by atoms with Gasteiger partial charge in [-0.2, -0.15) is 0 Å². The molecular formula is C9H14N5O5P. The molecule has 0 fully saturated rings. The van der Waals surface area contributed by atoms with Gasteiger partial charge in [0.25, 0.3) is 0 Å². The molecule has 0 aliphatic carbocycles. The number of aromatic nitrogens is 4. The third-order valence-electron chi connectivity index (χ3n) is 2.82. The molecule has 20 heavy (non-hydrogen) atoms. The molecule has 0 aliphatic heterocycles. The Morgan fingerprint density at radius 1 is 1.45 bits per heavy atom. The van der Waals surface area contributed by atoms with E-state index in [1.54, 1.807) is 0 Å². The summed E-state index contributed by atoms with van der Waals surface area (Å²) >= 11 is 0. The van der Waals surface area contributed by atoms with E-state index in [2.05, 4.69) is 19.7 Å². The minimum Gasteiger partial charge on any atom is -0.382 e. The fraction of sp³-hybridized carbons (Fsp3) is 0.444. The summed E-state index contributed by atoms with van der Waals surface area (Å²) in [6, 6.07) is 0. The van der Waals surface area contributed by atoms with Crippen LogP contribution < -0.4 is 5.73 Å². The van der Waals surface area contributed by atoms with Gasteiger partial charge in [0.15, 0.2) is 17.8 Å². The number of rotatable bonds is 5. The molecule has 0 saturated heterocycles. The lowest BCUT2D eigenvalue weighted by molar-refractivity contribution is -0.0806. The van der Waals surface area contributed by atoms with Gasteiger partial charge in [-0.05, 0) is 0 Å². The number of aliphatic hydroxyl groups is 1. The van der Waals surface area contributed by atoms with E-state index in [1.807, 2.05) is 0 Å². The molecule has 2 heterocycles. The second kappa shape index (κ2) is 5.43. The number of imidazole rings is 1. The number of anilines is 1. The highest BCUT2D eigenvalue weighted by atomic mass is 31.2. The van der Waals surface area contributed by atoms with Crippen LogP contribution in [-0.2, 0) is 15.8 Å². The van der Waals surface area contributed by atoms with E-state index < -0.39 is 19.5 Å². The molecular weight excluding hydrogens is 289 g/mol. The van der Waals surface area contributed by atoms with Crippen LogP contribution in [0, 0.1) is 0 Å². The zero-order valence-corrected chi connectivity index (χ0v) is 11.4. The predicted molar refractivity (Wildman–Crippen MR) is 68.6 cm³/mol. The molecule has 0 aromatic carbocycles. The lowest BCUT2D eigenvalue weighted by Crippen LogP contribution is -2.32. The van der Waals surface area contributed by atoms with Gasteiger partial charge in [-0.1, -0.05) is 0 Å². The van der Waals surface area contributed by atoms with Crippen LogP contribution >= 0.6 is 7.60 Å². The first-order valence-corrected chi connectivity index (χ1v) is 7.20. The Morgan fingerprint density at radius 3 is 2.75 bits per heavy atom. The maximum absolute atomic E-state index is 11.4. The van der Waals surface area contributed by atoms with Crippen molar-refractivity contribution in [1.29, 1.82) is 0 Å². The van der Waals surface area contributed by atoms with E-state index >= 15 is 0 Å². The Kier molecular flexibility index (Phi) is 4.02. The summed E-state index contributed by atoms with van der Waals surface area (Å²) in [6.07, 6.45) is 0.919. The molecule has 0 radical (unpaired) electrons. The van der Waals surface area contributed by atoms with Crippen LogP contribution in [0.1, 0.15) is 0 Å². The Hall–Kier alpha value is -1.58. The van der Waals surface area contributed by atoms with Crippen LogP contribution in [0.2, 0.25) is 0 Å². The molecule has 10 nitrogen and oxygen atoms in total. The molecule has 2 atom stereocenters. The number of nitrogens with zero attached hydrogens (tertiary/aromatic N) is 4. The highest BCUT2D eigenvalue weighted by molar-refractivity contribution is 7.52. The maximum Gasteiger partial charge on any atom is 0.335 e. The van der Waals surface area contributed by atoms with Crippen LogP contribution in [-0.4, -0.2) is 53.5 Å². The van der Waals surface area contributed by atoms with Gasteiger partial charge in [0.2, 0.25) is 0 Å². The molecule has 0 amide bonds. The van der Waals surface area contributed by atoms with Crippen molar-refractivity contribution >= 4 is 24.6 Å². The average Bonchev–Trinajstić information content (AvgIpc) is 2.78. The van der Waals surface area contributed by atoms with E-state index in [0.717, 1.165) is 7.11 Å². The first-order valence-electron chi connectivity index (χ1n) is 5.52. The van der Waals surface area contributed by atoms with Crippen molar-refractivity contribution in [3.63, 3.8) is 0 Å². The molecule has 11 heteroatoms. The Morgan fingerprint density at radius 2 is 2.15 bits per heavy atom. The number of nitrogens with two attached hydrogens (primary N) is 1. The van der Waals surface area contributed by atoms with Crippen LogP contribution in [0.5, 0.6) is 0 Å². The molecule has 0 saturated carbocycles. The van der Waals surface area contributed by atoms with Crippen LogP contribution in [0.15, 0.2) is 12.7 Å². The number of fused-ring (bicyclic) bond motifs is 1. The largest absolute Gasteiger partial charge is 0.382 e. The fourth-order valence-electron chi connectivity index (χ4n) is 1.75. The second-order valence-electron chi connectivity index (χ2n) is 4.11. The normalized spacial score (nSPS) is 15.4. The van der Waals surface area contributed by atoms with Crippen LogP contribution in [0.25, 0.3) is 11.2 Å². The molecule has 0 unspecified atom stereocenters. The van der Waals surface area contributed by atoms with Crippen LogP contribution in [0.4, 0.5) is 5.82 Å². The fourth-order valence-corrected chi connectivity index (χ4v) is 2.60. The SMILES string of the molecule is CO[C@H](O)[C@H](Cn1cnc2c(N)ncnc21)P(=O)(O)O. The summed E-state index contributed by atoms with van der Waals surface area (Å²) in [5.74, 6) is 0.161. The third kappa shape index (κ3) is 2.79. The number of aliphatic hydroxyl groups excluding tert-OH is 1. The quantitative estimate of drug-likeness (QED) is 0.398. The highest BCUT2D eigenvalue weighted by Gasteiger charge is 2.36. The first kappa shape index (κ1) is 14.8. The summed E-state index contributed by atoms with van der Waals surface area (Å²) in [5, 5.41) is 9.57. The van der Waals surface area contributed by atoms with E-state index in [4.69, 9.17) is 5.73 Å². The van der Waals surface area contributed by atoms with Crippen molar-refractivity contribution in [3.05, 3.63) is 12.7 Å². The molecule has 2 aromatic rings. The first-order chi connectivity index (χ1) is 9.34. The summed E-state index contributed by atoms with van der Waals surface area (Å²) in [5.41, 5.74) is 4.82. The number of hydrogen-bond acceptors (Lipinski definition) is 7. The molecule has 0 spiro atoms. The van der Waals surface area contributed by atoms with Crippen molar-refractivity contribution < 1.29 is 24.2 Å². The minimum atomic E-state index is -4.58. The van der Waals surface area contributed by atoms with Crippen molar-refractivity contribution in [2.45, 2.75) is 18.5 Å².